The van der Waals surface area contributed by atoms with Crippen molar-refractivity contribution in [2.75, 3.05) is 13.2 Å². The minimum Gasteiger partial charge on any atom is -0.492 e. The van der Waals surface area contributed by atoms with E-state index in [2.05, 4.69) is 26.7 Å². The van der Waals surface area contributed by atoms with Gasteiger partial charge in [0.05, 0.1) is 3.79 Å². The van der Waals surface area contributed by atoms with E-state index in [0.717, 1.165) is 20.7 Å². The van der Waals surface area contributed by atoms with Crippen molar-refractivity contribution in [3.63, 3.8) is 0 Å². The molecule has 4 nitrogen and oxygen atoms in total. The fourth-order valence-electron chi connectivity index (χ4n) is 1.87. The van der Waals surface area contributed by atoms with Crippen molar-refractivity contribution in [1.29, 1.82) is 0 Å². The number of nitrogens with one attached hydrogen (secondary N) is 1. The van der Waals surface area contributed by atoms with Gasteiger partial charge in [-0.15, -0.1) is 11.3 Å². The smallest absolute Gasteiger partial charge is 0.250 e. The number of sulfonamides is 1. The van der Waals surface area contributed by atoms with Gasteiger partial charge in [0.2, 0.25) is 10.0 Å². The highest BCUT2D eigenvalue weighted by molar-refractivity contribution is 9.11. The summed E-state index contributed by atoms with van der Waals surface area (Å²) in [5.74, 6) is 0.755. The molecule has 1 aromatic carbocycles. The van der Waals surface area contributed by atoms with Gasteiger partial charge in [-0.25, -0.2) is 13.1 Å². The SMILES string of the molecule is Cc1cc(C)cc(OCCNS(=O)(=O)c2ccc(Br)s2)c1. The zero-order chi connectivity index (χ0) is 15.5. The zero-order valence-electron chi connectivity index (χ0n) is 11.7. The molecule has 0 saturated heterocycles. The lowest BCUT2D eigenvalue weighted by Gasteiger charge is -2.09. The normalized spacial score (nSPS) is 11.6. The van der Waals surface area contributed by atoms with Crippen LogP contribution >= 0.6 is 27.3 Å². The van der Waals surface area contributed by atoms with Gasteiger partial charge in [-0.2, -0.15) is 0 Å². The second kappa shape index (κ2) is 6.91. The minimum absolute atomic E-state index is 0.227. The number of ether oxygens (including phenoxy) is 1. The van der Waals surface area contributed by atoms with Gasteiger partial charge in [0.25, 0.3) is 0 Å². The molecule has 114 valence electrons. The Morgan fingerprint density at radius 1 is 1.19 bits per heavy atom. The van der Waals surface area contributed by atoms with Crippen LogP contribution in [-0.4, -0.2) is 21.6 Å². The Morgan fingerprint density at radius 2 is 1.86 bits per heavy atom. The molecule has 0 saturated carbocycles. The van der Waals surface area contributed by atoms with E-state index in [0.29, 0.717) is 4.21 Å². The second-order valence-electron chi connectivity index (χ2n) is 4.63. The zero-order valence-corrected chi connectivity index (χ0v) is 14.9. The monoisotopic (exact) mass is 389 g/mol. The lowest BCUT2D eigenvalue weighted by Crippen LogP contribution is -2.27. The molecule has 2 aromatic rings. The topological polar surface area (TPSA) is 55.4 Å². The third-order valence-corrected chi connectivity index (χ3v) is 6.25. The molecule has 1 heterocycles. The van der Waals surface area contributed by atoms with E-state index in [-0.39, 0.29) is 13.2 Å². The van der Waals surface area contributed by atoms with Crippen LogP contribution in [0.2, 0.25) is 0 Å². The summed E-state index contributed by atoms with van der Waals surface area (Å²) < 4.78 is 33.2. The maximum atomic E-state index is 12.0. The number of benzene rings is 1. The largest absolute Gasteiger partial charge is 0.492 e. The van der Waals surface area contributed by atoms with E-state index in [9.17, 15) is 8.42 Å². The van der Waals surface area contributed by atoms with Crippen molar-refractivity contribution >= 4 is 37.3 Å². The van der Waals surface area contributed by atoms with Crippen LogP contribution in [0.25, 0.3) is 0 Å². The van der Waals surface area contributed by atoms with E-state index in [1.807, 2.05) is 26.0 Å². The van der Waals surface area contributed by atoms with Crippen molar-refractivity contribution in [2.24, 2.45) is 0 Å². The van der Waals surface area contributed by atoms with E-state index in [1.165, 1.54) is 11.3 Å². The molecular weight excluding hydrogens is 374 g/mol. The minimum atomic E-state index is -3.45. The molecule has 0 radical (unpaired) electrons. The molecule has 21 heavy (non-hydrogen) atoms. The first-order valence-corrected chi connectivity index (χ1v) is 9.42. The van der Waals surface area contributed by atoms with E-state index < -0.39 is 10.0 Å². The molecule has 0 aliphatic rings. The molecule has 0 bridgehead atoms. The molecule has 0 spiro atoms. The summed E-state index contributed by atoms with van der Waals surface area (Å²) >= 11 is 4.43. The first-order chi connectivity index (χ1) is 9.87. The fourth-order valence-corrected chi connectivity index (χ4v) is 4.94. The first-order valence-electron chi connectivity index (χ1n) is 6.33. The maximum Gasteiger partial charge on any atom is 0.250 e. The standard InChI is InChI=1S/C14H16BrNO3S2/c1-10-7-11(2)9-12(8-10)19-6-5-16-21(17,18)14-4-3-13(15)20-14/h3-4,7-9,16H,5-6H2,1-2H3. The Labute approximate surface area is 137 Å². The van der Waals surface area contributed by atoms with Gasteiger partial charge in [-0.05, 0) is 65.2 Å². The third-order valence-electron chi connectivity index (χ3n) is 2.67. The van der Waals surface area contributed by atoms with Crippen molar-refractivity contribution in [2.45, 2.75) is 18.1 Å². The third kappa shape index (κ3) is 4.81. The van der Waals surface area contributed by atoms with Crippen LogP contribution in [-0.2, 0) is 10.0 Å². The molecule has 7 heteroatoms. The van der Waals surface area contributed by atoms with Crippen LogP contribution in [0.4, 0.5) is 0 Å². The van der Waals surface area contributed by atoms with E-state index in [4.69, 9.17) is 4.74 Å². The van der Waals surface area contributed by atoms with Gasteiger partial charge < -0.3 is 4.74 Å². The van der Waals surface area contributed by atoms with Gasteiger partial charge in [0.1, 0.15) is 16.6 Å². The predicted octanol–water partition coefficient (Wildman–Crippen LogP) is 3.48. The summed E-state index contributed by atoms with van der Waals surface area (Å²) in [7, 11) is -3.45. The quantitative estimate of drug-likeness (QED) is 0.769. The molecule has 0 unspecified atom stereocenters. The Balaban J connectivity index is 1.87. The molecular formula is C14H16BrNO3S2. The summed E-state index contributed by atoms with van der Waals surface area (Å²) in [6.45, 7) is 4.51. The number of halogens is 1. The first kappa shape index (κ1) is 16.5. The molecule has 0 aliphatic carbocycles. The van der Waals surface area contributed by atoms with Gasteiger partial charge in [0.15, 0.2) is 0 Å². The van der Waals surface area contributed by atoms with Crippen molar-refractivity contribution in [3.05, 3.63) is 45.2 Å². The summed E-state index contributed by atoms with van der Waals surface area (Å²) in [5.41, 5.74) is 2.24. The van der Waals surface area contributed by atoms with E-state index >= 15 is 0 Å². The number of aryl methyl sites for hydroxylation is 2. The fraction of sp³-hybridized carbons (Fsp3) is 0.286. The van der Waals surface area contributed by atoms with Crippen LogP contribution in [0.3, 0.4) is 0 Å². The van der Waals surface area contributed by atoms with E-state index in [1.54, 1.807) is 12.1 Å². The number of rotatable bonds is 6. The lowest BCUT2D eigenvalue weighted by atomic mass is 10.1. The Morgan fingerprint density at radius 3 is 2.43 bits per heavy atom. The average molecular weight is 390 g/mol. The molecule has 0 atom stereocenters. The predicted molar refractivity (Wildman–Crippen MR) is 88.6 cm³/mol. The van der Waals surface area contributed by atoms with Crippen LogP contribution in [0.1, 0.15) is 11.1 Å². The molecule has 2 rings (SSSR count). The number of thiophene rings is 1. The van der Waals surface area contributed by atoms with Gasteiger partial charge in [0, 0.05) is 6.54 Å². The maximum absolute atomic E-state index is 12.0. The molecule has 1 aromatic heterocycles. The summed E-state index contributed by atoms with van der Waals surface area (Å²) in [4.78, 5) is 0. The van der Waals surface area contributed by atoms with Crippen molar-refractivity contribution < 1.29 is 13.2 Å². The highest BCUT2D eigenvalue weighted by Crippen LogP contribution is 2.25. The van der Waals surface area contributed by atoms with Crippen LogP contribution in [0, 0.1) is 13.8 Å². The Hall–Kier alpha value is -0.890. The van der Waals surface area contributed by atoms with Crippen LogP contribution < -0.4 is 9.46 Å². The molecule has 0 amide bonds. The summed E-state index contributed by atoms with van der Waals surface area (Å²) in [5, 5.41) is 0. The lowest BCUT2D eigenvalue weighted by molar-refractivity contribution is 0.322. The summed E-state index contributed by atoms with van der Waals surface area (Å²) in [6, 6.07) is 9.20. The summed E-state index contributed by atoms with van der Waals surface area (Å²) in [6.07, 6.45) is 0. The average Bonchev–Trinajstić information content (AvgIpc) is 2.81. The van der Waals surface area contributed by atoms with Crippen molar-refractivity contribution in [3.8, 4) is 5.75 Å². The van der Waals surface area contributed by atoms with Crippen LogP contribution in [0.5, 0.6) is 5.75 Å². The van der Waals surface area contributed by atoms with Crippen molar-refractivity contribution in [1.82, 2.24) is 4.72 Å². The number of hydrogen-bond donors (Lipinski definition) is 1. The molecule has 1 N–H and O–H groups in total. The van der Waals surface area contributed by atoms with Gasteiger partial charge >= 0.3 is 0 Å². The highest BCUT2D eigenvalue weighted by Gasteiger charge is 2.15. The molecule has 0 aliphatic heterocycles. The Bertz CT molecular complexity index is 705. The van der Waals surface area contributed by atoms with Crippen LogP contribution in [0.15, 0.2) is 38.3 Å². The van der Waals surface area contributed by atoms with Gasteiger partial charge in [-0.3, -0.25) is 0 Å². The second-order valence-corrected chi connectivity index (χ2v) is 9.09. The number of hydrogen-bond acceptors (Lipinski definition) is 4. The molecule has 0 fully saturated rings. The van der Waals surface area contributed by atoms with Gasteiger partial charge in [-0.1, -0.05) is 6.07 Å². The Kier molecular flexibility index (Phi) is 5.43. The highest BCUT2D eigenvalue weighted by atomic mass is 79.9.